The van der Waals surface area contributed by atoms with Crippen molar-refractivity contribution in [2.24, 2.45) is 0 Å². The third-order valence-corrected chi connectivity index (χ3v) is 4.13. The van der Waals surface area contributed by atoms with E-state index in [1.807, 2.05) is 6.92 Å². The molecule has 0 spiro atoms. The Hall–Kier alpha value is -3.03. The molecular formula is C19H25N3O5. The SMILES string of the molecule is CCCCNC(=O)NC1=C(C(=O)OCC)C(c2ccccc2O)CC(=O)N1. The van der Waals surface area contributed by atoms with Crippen LogP contribution >= 0.6 is 0 Å². The van der Waals surface area contributed by atoms with E-state index < -0.39 is 17.9 Å². The second-order valence-corrected chi connectivity index (χ2v) is 6.11. The minimum atomic E-state index is -0.732. The van der Waals surface area contributed by atoms with E-state index in [1.165, 1.54) is 6.07 Å². The molecule has 0 aliphatic carbocycles. The summed E-state index contributed by atoms with van der Waals surface area (Å²) in [7, 11) is 0. The quantitative estimate of drug-likeness (QED) is 0.429. The van der Waals surface area contributed by atoms with Crippen LogP contribution in [0.5, 0.6) is 5.75 Å². The molecule has 27 heavy (non-hydrogen) atoms. The van der Waals surface area contributed by atoms with Crippen LogP contribution in [-0.4, -0.2) is 36.2 Å². The summed E-state index contributed by atoms with van der Waals surface area (Å²) in [5.74, 6) is -1.82. The van der Waals surface area contributed by atoms with Gasteiger partial charge in [0.2, 0.25) is 5.91 Å². The molecule has 0 saturated carbocycles. The molecule has 1 aliphatic rings. The zero-order valence-electron chi connectivity index (χ0n) is 15.5. The number of phenolic OH excluding ortho intramolecular Hbond substituents is 1. The lowest BCUT2D eigenvalue weighted by atomic mass is 9.85. The number of aromatic hydroxyl groups is 1. The zero-order valence-corrected chi connectivity index (χ0v) is 15.5. The number of hydrogen-bond donors (Lipinski definition) is 4. The van der Waals surface area contributed by atoms with Crippen molar-refractivity contribution in [3.8, 4) is 5.75 Å². The Bertz CT molecular complexity index is 745. The summed E-state index contributed by atoms with van der Waals surface area (Å²) in [6, 6.07) is 5.94. The first-order valence-corrected chi connectivity index (χ1v) is 9.01. The van der Waals surface area contributed by atoms with Gasteiger partial charge >= 0.3 is 12.0 Å². The maximum atomic E-state index is 12.6. The number of para-hydroxylation sites is 1. The number of nitrogens with one attached hydrogen (secondary N) is 3. The Morgan fingerprint density at radius 3 is 2.70 bits per heavy atom. The number of amides is 3. The number of unbranched alkanes of at least 4 members (excludes halogenated alkanes) is 1. The molecule has 0 radical (unpaired) electrons. The van der Waals surface area contributed by atoms with Crippen molar-refractivity contribution >= 4 is 17.9 Å². The Balaban J connectivity index is 2.40. The Morgan fingerprint density at radius 1 is 1.30 bits per heavy atom. The molecule has 1 aliphatic heterocycles. The first-order valence-electron chi connectivity index (χ1n) is 9.01. The Kier molecular flexibility index (Phi) is 7.22. The van der Waals surface area contributed by atoms with Crippen LogP contribution in [0.1, 0.15) is 44.6 Å². The zero-order chi connectivity index (χ0) is 19.8. The Labute approximate surface area is 158 Å². The molecule has 8 nitrogen and oxygen atoms in total. The number of hydrogen-bond acceptors (Lipinski definition) is 5. The van der Waals surface area contributed by atoms with Crippen molar-refractivity contribution in [1.29, 1.82) is 0 Å². The van der Waals surface area contributed by atoms with Crippen LogP contribution in [-0.2, 0) is 14.3 Å². The lowest BCUT2D eigenvalue weighted by Crippen LogP contribution is -2.46. The van der Waals surface area contributed by atoms with Crippen molar-refractivity contribution in [3.63, 3.8) is 0 Å². The predicted molar refractivity (Wildman–Crippen MR) is 98.7 cm³/mol. The van der Waals surface area contributed by atoms with Gasteiger partial charge < -0.3 is 20.5 Å². The lowest BCUT2D eigenvalue weighted by molar-refractivity contribution is -0.139. The highest BCUT2D eigenvalue weighted by Crippen LogP contribution is 2.37. The van der Waals surface area contributed by atoms with Crippen LogP contribution in [0, 0.1) is 0 Å². The van der Waals surface area contributed by atoms with Crippen molar-refractivity contribution in [2.45, 2.75) is 39.0 Å². The fourth-order valence-electron chi connectivity index (χ4n) is 2.86. The number of benzene rings is 1. The van der Waals surface area contributed by atoms with E-state index in [-0.39, 0.29) is 36.1 Å². The van der Waals surface area contributed by atoms with E-state index in [1.54, 1.807) is 25.1 Å². The standard InChI is InChI=1S/C19H25N3O5/c1-3-5-10-20-19(26)22-17-16(18(25)27-4-2)13(11-15(24)21-17)12-8-6-7-9-14(12)23/h6-9,13,23H,3-5,10-11H2,1-2H3,(H,21,24)(H2,20,22,26). The number of esters is 1. The smallest absolute Gasteiger partial charge is 0.338 e. The molecule has 2 rings (SSSR count). The van der Waals surface area contributed by atoms with Crippen LogP contribution in [0.3, 0.4) is 0 Å². The molecule has 0 saturated heterocycles. The average Bonchev–Trinajstić information content (AvgIpc) is 2.62. The van der Waals surface area contributed by atoms with Crippen LogP contribution in [0.4, 0.5) is 4.79 Å². The number of phenols is 1. The first kappa shape index (κ1) is 20.3. The maximum Gasteiger partial charge on any atom is 0.338 e. The molecule has 1 heterocycles. The minimum absolute atomic E-state index is 0.0213. The summed E-state index contributed by atoms with van der Waals surface area (Å²) in [5, 5.41) is 17.9. The normalized spacial score (nSPS) is 16.5. The van der Waals surface area contributed by atoms with E-state index >= 15 is 0 Å². The maximum absolute atomic E-state index is 12.6. The van der Waals surface area contributed by atoms with Gasteiger partial charge in [0.1, 0.15) is 11.6 Å². The van der Waals surface area contributed by atoms with Crippen LogP contribution in [0.2, 0.25) is 0 Å². The highest BCUT2D eigenvalue weighted by atomic mass is 16.5. The fraction of sp³-hybridized carbons (Fsp3) is 0.421. The molecule has 0 fully saturated rings. The minimum Gasteiger partial charge on any atom is -0.508 e. The topological polar surface area (TPSA) is 117 Å². The molecule has 4 N–H and O–H groups in total. The Morgan fingerprint density at radius 2 is 2.04 bits per heavy atom. The van der Waals surface area contributed by atoms with Gasteiger partial charge in [0.05, 0.1) is 12.2 Å². The molecule has 3 amide bonds. The van der Waals surface area contributed by atoms with Gasteiger partial charge in [-0.25, -0.2) is 9.59 Å². The fourth-order valence-corrected chi connectivity index (χ4v) is 2.86. The largest absolute Gasteiger partial charge is 0.508 e. The van der Waals surface area contributed by atoms with E-state index in [0.29, 0.717) is 12.1 Å². The molecule has 1 unspecified atom stereocenters. The first-order chi connectivity index (χ1) is 13.0. The molecule has 146 valence electrons. The molecular weight excluding hydrogens is 350 g/mol. The van der Waals surface area contributed by atoms with Gasteiger partial charge in [-0.2, -0.15) is 0 Å². The van der Waals surface area contributed by atoms with E-state index in [4.69, 9.17) is 4.74 Å². The summed E-state index contributed by atoms with van der Waals surface area (Å²) in [5.41, 5.74) is 0.518. The molecule has 8 heteroatoms. The van der Waals surface area contributed by atoms with E-state index in [0.717, 1.165) is 12.8 Å². The van der Waals surface area contributed by atoms with Gasteiger partial charge in [-0.1, -0.05) is 31.5 Å². The average molecular weight is 375 g/mol. The van der Waals surface area contributed by atoms with Crippen LogP contribution in [0.15, 0.2) is 35.7 Å². The monoisotopic (exact) mass is 375 g/mol. The third kappa shape index (κ3) is 5.22. The number of ether oxygens (including phenoxy) is 1. The van der Waals surface area contributed by atoms with Gasteiger partial charge in [0, 0.05) is 24.4 Å². The van der Waals surface area contributed by atoms with E-state index in [2.05, 4.69) is 16.0 Å². The molecule has 0 aromatic heterocycles. The second kappa shape index (κ2) is 9.61. The van der Waals surface area contributed by atoms with Crippen LogP contribution in [0.25, 0.3) is 0 Å². The highest BCUT2D eigenvalue weighted by molar-refractivity contribution is 5.97. The van der Waals surface area contributed by atoms with Gasteiger partial charge in [0.15, 0.2) is 0 Å². The number of rotatable bonds is 7. The van der Waals surface area contributed by atoms with Crippen molar-refractivity contribution < 1.29 is 24.2 Å². The highest BCUT2D eigenvalue weighted by Gasteiger charge is 2.36. The predicted octanol–water partition coefficient (Wildman–Crippen LogP) is 1.87. The van der Waals surface area contributed by atoms with Crippen molar-refractivity contribution in [2.75, 3.05) is 13.2 Å². The number of urea groups is 1. The molecule has 1 aromatic carbocycles. The molecule has 1 atom stereocenters. The van der Waals surface area contributed by atoms with E-state index in [9.17, 15) is 19.5 Å². The summed E-state index contributed by atoms with van der Waals surface area (Å²) in [6.45, 7) is 4.28. The molecule has 0 bridgehead atoms. The van der Waals surface area contributed by atoms with Crippen molar-refractivity contribution in [1.82, 2.24) is 16.0 Å². The van der Waals surface area contributed by atoms with Gasteiger partial charge in [0.25, 0.3) is 0 Å². The number of carbonyl (C=O) groups excluding carboxylic acids is 3. The van der Waals surface area contributed by atoms with Gasteiger partial charge in [-0.05, 0) is 19.4 Å². The summed E-state index contributed by atoms with van der Waals surface area (Å²) >= 11 is 0. The summed E-state index contributed by atoms with van der Waals surface area (Å²) in [6.07, 6.45) is 1.68. The van der Waals surface area contributed by atoms with Gasteiger partial charge in [-0.15, -0.1) is 0 Å². The number of carbonyl (C=O) groups is 3. The lowest BCUT2D eigenvalue weighted by Gasteiger charge is -2.28. The third-order valence-electron chi connectivity index (χ3n) is 4.13. The second-order valence-electron chi connectivity index (χ2n) is 6.11. The molecule has 1 aromatic rings. The summed E-state index contributed by atoms with van der Waals surface area (Å²) in [4.78, 5) is 36.9. The van der Waals surface area contributed by atoms with Crippen molar-refractivity contribution in [3.05, 3.63) is 41.2 Å². The van der Waals surface area contributed by atoms with Crippen LogP contribution < -0.4 is 16.0 Å². The summed E-state index contributed by atoms with van der Waals surface area (Å²) < 4.78 is 5.12. The van der Waals surface area contributed by atoms with Gasteiger partial charge in [-0.3, -0.25) is 10.1 Å².